The third-order valence-electron chi connectivity index (χ3n) is 4.88. The first kappa shape index (κ1) is 17.4. The molecule has 2 heterocycles. The summed E-state index contributed by atoms with van der Waals surface area (Å²) in [6, 6.07) is 5.82. The molecule has 0 bridgehead atoms. The molecule has 0 radical (unpaired) electrons. The maximum atomic E-state index is 14.9. The van der Waals surface area contributed by atoms with Crippen molar-refractivity contribution in [3.8, 4) is 0 Å². The van der Waals surface area contributed by atoms with Crippen LogP contribution in [-0.4, -0.2) is 54.3 Å². The Balaban J connectivity index is 1.73. The number of piperidine rings is 1. The number of anilines is 1. The molecule has 24 heavy (non-hydrogen) atoms. The number of nitrogens with zero attached hydrogens (tertiary/aromatic N) is 3. The first-order chi connectivity index (χ1) is 11.6. The largest absolute Gasteiger partial charge is 0.396 e. The molecule has 130 valence electrons. The van der Waals surface area contributed by atoms with Crippen LogP contribution in [0.2, 0.25) is 5.02 Å². The number of benzene rings is 1. The van der Waals surface area contributed by atoms with Gasteiger partial charge in [-0.2, -0.15) is 0 Å². The Bertz CT molecular complexity index is 704. The first-order valence-electron chi connectivity index (χ1n) is 8.40. The number of halogens is 2. The van der Waals surface area contributed by atoms with E-state index >= 15 is 0 Å². The predicted octanol–water partition coefficient (Wildman–Crippen LogP) is 3.31. The van der Waals surface area contributed by atoms with Crippen LogP contribution in [0.15, 0.2) is 24.4 Å². The number of pyridine rings is 1. The van der Waals surface area contributed by atoms with Crippen molar-refractivity contribution in [2.75, 3.05) is 38.2 Å². The molecule has 0 aliphatic carbocycles. The molecule has 0 unspecified atom stereocenters. The Morgan fingerprint density at radius 1 is 1.33 bits per heavy atom. The van der Waals surface area contributed by atoms with Gasteiger partial charge in [0.25, 0.3) is 0 Å². The number of aliphatic hydroxyl groups is 1. The second-order valence-corrected chi connectivity index (χ2v) is 6.77. The van der Waals surface area contributed by atoms with Crippen molar-refractivity contribution < 1.29 is 9.50 Å². The van der Waals surface area contributed by atoms with E-state index in [0.717, 1.165) is 38.9 Å². The van der Waals surface area contributed by atoms with Gasteiger partial charge in [-0.05, 0) is 44.5 Å². The van der Waals surface area contributed by atoms with Crippen LogP contribution in [0.4, 0.5) is 10.1 Å². The Morgan fingerprint density at radius 3 is 2.79 bits per heavy atom. The second-order valence-electron chi connectivity index (χ2n) is 6.36. The van der Waals surface area contributed by atoms with Crippen LogP contribution in [0.1, 0.15) is 19.3 Å². The molecule has 1 aromatic carbocycles. The second kappa shape index (κ2) is 7.64. The maximum absolute atomic E-state index is 14.9. The van der Waals surface area contributed by atoms with Crippen LogP contribution in [-0.2, 0) is 0 Å². The van der Waals surface area contributed by atoms with E-state index in [4.69, 9.17) is 16.7 Å². The van der Waals surface area contributed by atoms with Crippen LogP contribution in [0.25, 0.3) is 10.9 Å². The molecule has 4 nitrogen and oxygen atoms in total. The first-order valence-corrected chi connectivity index (χ1v) is 8.78. The van der Waals surface area contributed by atoms with Crippen LogP contribution in [0, 0.1) is 5.82 Å². The van der Waals surface area contributed by atoms with E-state index in [2.05, 4.69) is 21.8 Å². The van der Waals surface area contributed by atoms with Crippen molar-refractivity contribution in [2.45, 2.75) is 25.3 Å². The summed E-state index contributed by atoms with van der Waals surface area (Å²) in [6.45, 7) is 2.75. The Kier molecular flexibility index (Phi) is 5.54. The Morgan fingerprint density at radius 2 is 2.08 bits per heavy atom. The Labute approximate surface area is 146 Å². The van der Waals surface area contributed by atoms with Crippen molar-refractivity contribution >= 4 is 28.2 Å². The summed E-state index contributed by atoms with van der Waals surface area (Å²) >= 11 is 6.12. The SMILES string of the molecule is CN(CCCO)C1CCN(c2ccc3c(Cl)ccnc3c2F)CC1. The lowest BCUT2D eigenvalue weighted by Gasteiger charge is -2.38. The summed E-state index contributed by atoms with van der Waals surface area (Å²) in [6.07, 6.45) is 4.31. The van der Waals surface area contributed by atoms with E-state index in [1.165, 1.54) is 0 Å². The quantitative estimate of drug-likeness (QED) is 0.897. The van der Waals surface area contributed by atoms with Gasteiger partial charge in [0.05, 0.1) is 10.7 Å². The highest BCUT2D eigenvalue weighted by molar-refractivity contribution is 6.35. The zero-order valence-electron chi connectivity index (χ0n) is 13.9. The molecule has 1 aliphatic rings. The average Bonchev–Trinajstić information content (AvgIpc) is 2.61. The smallest absolute Gasteiger partial charge is 0.172 e. The minimum Gasteiger partial charge on any atom is -0.396 e. The molecule has 1 aliphatic heterocycles. The van der Waals surface area contributed by atoms with Crippen molar-refractivity contribution in [1.29, 1.82) is 0 Å². The summed E-state index contributed by atoms with van der Waals surface area (Å²) in [5, 5.41) is 10.1. The van der Waals surface area contributed by atoms with E-state index in [1.54, 1.807) is 18.3 Å². The van der Waals surface area contributed by atoms with Gasteiger partial charge in [-0.25, -0.2) is 4.39 Å². The fraction of sp³-hybridized carbons (Fsp3) is 0.500. The molecule has 0 amide bonds. The molecule has 0 spiro atoms. The minimum atomic E-state index is -0.290. The maximum Gasteiger partial charge on any atom is 0.172 e. The van der Waals surface area contributed by atoms with Gasteiger partial charge >= 0.3 is 0 Å². The van der Waals surface area contributed by atoms with Gasteiger partial charge < -0.3 is 14.9 Å². The normalized spacial score (nSPS) is 16.3. The van der Waals surface area contributed by atoms with E-state index < -0.39 is 0 Å². The number of hydrogen-bond donors (Lipinski definition) is 1. The zero-order chi connectivity index (χ0) is 17.1. The number of rotatable bonds is 5. The minimum absolute atomic E-state index is 0.223. The van der Waals surface area contributed by atoms with Crippen molar-refractivity contribution in [3.63, 3.8) is 0 Å². The molecule has 3 rings (SSSR count). The number of fused-ring (bicyclic) bond motifs is 1. The standard InChI is InChI=1S/C18H23ClFN3O/c1-22(9-2-12-24)13-6-10-23(11-7-13)16-4-3-14-15(19)5-8-21-18(14)17(16)20/h3-5,8,13,24H,2,6-7,9-12H2,1H3. The van der Waals surface area contributed by atoms with Crippen molar-refractivity contribution in [3.05, 3.63) is 35.2 Å². The highest BCUT2D eigenvalue weighted by atomic mass is 35.5. The molecule has 6 heteroatoms. The monoisotopic (exact) mass is 351 g/mol. The van der Waals surface area contributed by atoms with Crippen LogP contribution >= 0.6 is 11.6 Å². The van der Waals surface area contributed by atoms with Gasteiger partial charge in [0.1, 0.15) is 5.52 Å². The number of hydrogen-bond acceptors (Lipinski definition) is 4. The van der Waals surface area contributed by atoms with E-state index in [9.17, 15) is 4.39 Å². The molecule has 2 aromatic rings. The fourth-order valence-corrected chi connectivity index (χ4v) is 3.64. The lowest BCUT2D eigenvalue weighted by molar-refractivity contribution is 0.184. The van der Waals surface area contributed by atoms with Crippen LogP contribution in [0.5, 0.6) is 0 Å². The summed E-state index contributed by atoms with van der Waals surface area (Å²) in [5.74, 6) is -0.290. The summed E-state index contributed by atoms with van der Waals surface area (Å²) < 4.78 is 14.9. The Hall–Kier alpha value is -1.43. The summed E-state index contributed by atoms with van der Waals surface area (Å²) in [4.78, 5) is 8.54. The van der Waals surface area contributed by atoms with Gasteiger partial charge in [0.15, 0.2) is 5.82 Å². The molecular weight excluding hydrogens is 329 g/mol. The third-order valence-corrected chi connectivity index (χ3v) is 5.20. The van der Waals surface area contributed by atoms with Gasteiger partial charge in [-0.3, -0.25) is 4.98 Å². The van der Waals surface area contributed by atoms with Gasteiger partial charge in [-0.1, -0.05) is 11.6 Å². The summed E-state index contributed by atoms with van der Waals surface area (Å²) in [5.41, 5.74) is 0.941. The molecule has 1 N–H and O–H groups in total. The zero-order valence-corrected chi connectivity index (χ0v) is 14.6. The lowest BCUT2D eigenvalue weighted by Crippen LogP contribution is -2.44. The highest BCUT2D eigenvalue weighted by Crippen LogP contribution is 2.31. The van der Waals surface area contributed by atoms with Crippen molar-refractivity contribution in [1.82, 2.24) is 9.88 Å². The molecule has 0 saturated carbocycles. The molecular formula is C18H23ClFN3O. The highest BCUT2D eigenvalue weighted by Gasteiger charge is 2.24. The number of aliphatic hydroxyl groups excluding tert-OH is 1. The summed E-state index contributed by atoms with van der Waals surface area (Å²) in [7, 11) is 2.10. The van der Waals surface area contributed by atoms with E-state index in [0.29, 0.717) is 27.7 Å². The lowest BCUT2D eigenvalue weighted by atomic mass is 10.0. The van der Waals surface area contributed by atoms with Crippen LogP contribution in [0.3, 0.4) is 0 Å². The molecule has 1 fully saturated rings. The topological polar surface area (TPSA) is 39.6 Å². The average molecular weight is 352 g/mol. The van der Waals surface area contributed by atoms with E-state index in [1.807, 2.05) is 6.07 Å². The number of aromatic nitrogens is 1. The van der Waals surface area contributed by atoms with Gasteiger partial charge in [0, 0.05) is 43.9 Å². The van der Waals surface area contributed by atoms with Gasteiger partial charge in [-0.15, -0.1) is 0 Å². The van der Waals surface area contributed by atoms with Gasteiger partial charge in [0.2, 0.25) is 0 Å². The van der Waals surface area contributed by atoms with Crippen LogP contribution < -0.4 is 4.90 Å². The molecule has 1 aromatic heterocycles. The molecule has 0 atom stereocenters. The predicted molar refractivity (Wildman–Crippen MR) is 96.3 cm³/mol. The van der Waals surface area contributed by atoms with E-state index in [-0.39, 0.29) is 12.4 Å². The molecule has 1 saturated heterocycles. The fourth-order valence-electron chi connectivity index (χ4n) is 3.43. The van der Waals surface area contributed by atoms with Crippen molar-refractivity contribution in [2.24, 2.45) is 0 Å². The third kappa shape index (κ3) is 3.48.